The molecule has 0 nitrogen and oxygen atoms in total. The van der Waals surface area contributed by atoms with E-state index in [1.165, 1.54) is 50.6 Å². The molecule has 0 N–H and O–H groups in total. The van der Waals surface area contributed by atoms with Crippen molar-refractivity contribution in [1.29, 1.82) is 0 Å². The first-order valence-electron chi connectivity index (χ1n) is 5.59. The van der Waals surface area contributed by atoms with E-state index < -0.39 is 0 Å². The highest BCUT2D eigenvalue weighted by molar-refractivity contribution is 8.77. The molecule has 0 fully saturated rings. The highest BCUT2D eigenvalue weighted by Crippen LogP contribution is 2.62. The van der Waals surface area contributed by atoms with Crippen molar-refractivity contribution in [3.05, 3.63) is 20.3 Å². The van der Waals surface area contributed by atoms with Crippen LogP contribution >= 0.6 is 43.2 Å². The fourth-order valence-electron chi connectivity index (χ4n) is 2.50. The van der Waals surface area contributed by atoms with E-state index in [0.717, 1.165) is 0 Å². The molecular weight excluding hydrogens is 411 g/mol. The van der Waals surface area contributed by atoms with Crippen molar-refractivity contribution in [2.24, 2.45) is 0 Å². The van der Waals surface area contributed by atoms with Crippen molar-refractivity contribution in [3.63, 3.8) is 0 Å². The SMILES string of the molecule is Cc1c(C)c2c3c(c([I-])c(C)c4c3c1SS4)SS2. The van der Waals surface area contributed by atoms with Gasteiger partial charge in [0.25, 0.3) is 0 Å². The van der Waals surface area contributed by atoms with E-state index in [2.05, 4.69) is 43.4 Å². The van der Waals surface area contributed by atoms with Gasteiger partial charge in [0, 0.05) is 30.4 Å². The van der Waals surface area contributed by atoms with Crippen molar-refractivity contribution >= 4 is 53.9 Å². The van der Waals surface area contributed by atoms with Gasteiger partial charge in [0.05, 0.1) is 0 Å². The van der Waals surface area contributed by atoms with Crippen LogP contribution in [0.25, 0.3) is 10.8 Å². The average Bonchev–Trinajstić information content (AvgIpc) is 2.96. The zero-order valence-electron chi connectivity index (χ0n) is 10.0. The lowest BCUT2D eigenvalue weighted by Gasteiger charge is -2.19. The van der Waals surface area contributed by atoms with Crippen molar-refractivity contribution in [1.82, 2.24) is 0 Å². The Kier molecular flexibility index (Phi) is 2.91. The van der Waals surface area contributed by atoms with Gasteiger partial charge in [-0.15, -0.1) is 0 Å². The predicted octanol–water partition coefficient (Wildman–Crippen LogP) is 2.71. The fraction of sp³-hybridized carbons (Fsp3) is 0.231. The average molecular weight is 420 g/mol. The maximum Gasteiger partial charge on any atom is 0.0309 e. The summed E-state index contributed by atoms with van der Waals surface area (Å²) in [6.07, 6.45) is 0. The first kappa shape index (κ1) is 12.6. The maximum atomic E-state index is 2.52. The molecule has 5 heteroatoms. The first-order chi connectivity index (χ1) is 8.61. The Labute approximate surface area is 136 Å². The zero-order valence-corrected chi connectivity index (χ0v) is 15.4. The lowest BCUT2D eigenvalue weighted by atomic mass is 10.0. The molecule has 0 aliphatic carbocycles. The van der Waals surface area contributed by atoms with Crippen LogP contribution in [0.2, 0.25) is 0 Å². The standard InChI is InChI=1S/C13H9IS4/c1-4-5(2)11-8-7-10(4)15-17-12(7)6(3)9(14)13(8)18-16-11/h1-3H3/q-1. The Morgan fingerprint density at radius 2 is 1.00 bits per heavy atom. The van der Waals surface area contributed by atoms with Gasteiger partial charge in [-0.2, -0.15) is 3.57 Å². The minimum atomic E-state index is 1.45. The van der Waals surface area contributed by atoms with Crippen molar-refractivity contribution < 1.29 is 22.6 Å². The van der Waals surface area contributed by atoms with Crippen molar-refractivity contribution in [3.8, 4) is 0 Å². The quantitative estimate of drug-likeness (QED) is 0.475. The Bertz CT molecular complexity index is 615. The normalized spacial score (nSPS) is 16.0. The maximum absolute atomic E-state index is 2.52. The molecule has 2 heterocycles. The van der Waals surface area contributed by atoms with E-state index in [4.69, 9.17) is 0 Å². The first-order valence-corrected chi connectivity index (χ1v) is 11.0. The molecule has 18 heavy (non-hydrogen) atoms. The van der Waals surface area contributed by atoms with Gasteiger partial charge in [-0.25, -0.2) is 0 Å². The second kappa shape index (κ2) is 4.16. The molecule has 2 aromatic carbocycles. The van der Waals surface area contributed by atoms with E-state index in [0.29, 0.717) is 0 Å². The van der Waals surface area contributed by atoms with Crippen LogP contribution in [-0.4, -0.2) is 0 Å². The molecule has 2 aliphatic heterocycles. The smallest absolute Gasteiger partial charge is 0.0309 e. The third-order valence-electron chi connectivity index (χ3n) is 3.69. The summed E-state index contributed by atoms with van der Waals surface area (Å²) in [6, 6.07) is 0. The van der Waals surface area contributed by atoms with E-state index in [-0.39, 0.29) is 0 Å². The van der Waals surface area contributed by atoms with Crippen LogP contribution in [0.5, 0.6) is 0 Å². The highest BCUT2D eigenvalue weighted by Gasteiger charge is 2.30. The van der Waals surface area contributed by atoms with Crippen LogP contribution in [0, 0.1) is 24.3 Å². The van der Waals surface area contributed by atoms with Gasteiger partial charge in [0.2, 0.25) is 0 Å². The molecule has 0 saturated heterocycles. The van der Waals surface area contributed by atoms with Crippen LogP contribution in [-0.2, 0) is 0 Å². The second-order valence-corrected chi connectivity index (χ2v) is 9.97. The van der Waals surface area contributed by atoms with Gasteiger partial charge in [-0.05, 0) is 31.9 Å². The van der Waals surface area contributed by atoms with Gasteiger partial charge < -0.3 is 22.6 Å². The van der Waals surface area contributed by atoms with Gasteiger partial charge in [-0.1, -0.05) is 48.7 Å². The zero-order chi connectivity index (χ0) is 12.6. The van der Waals surface area contributed by atoms with Crippen LogP contribution in [0.1, 0.15) is 16.7 Å². The van der Waals surface area contributed by atoms with Gasteiger partial charge in [0.15, 0.2) is 0 Å². The Hall–Kier alpha value is 0.830. The molecule has 2 aliphatic rings. The molecule has 0 saturated carbocycles. The van der Waals surface area contributed by atoms with Crippen LogP contribution in [0.3, 0.4) is 0 Å². The van der Waals surface area contributed by atoms with E-state index >= 15 is 0 Å². The third-order valence-corrected chi connectivity index (χ3v) is 10.7. The number of rotatable bonds is 0. The lowest BCUT2D eigenvalue weighted by molar-refractivity contribution is -0.335. The van der Waals surface area contributed by atoms with Crippen molar-refractivity contribution in [2.45, 2.75) is 40.4 Å². The lowest BCUT2D eigenvalue weighted by Crippen LogP contribution is -3.34. The van der Waals surface area contributed by atoms with E-state index in [1.807, 2.05) is 43.2 Å². The highest BCUT2D eigenvalue weighted by atomic mass is 127. The van der Waals surface area contributed by atoms with Gasteiger partial charge in [0.1, 0.15) is 0 Å². The number of hydrogen-bond acceptors (Lipinski definition) is 4. The summed E-state index contributed by atoms with van der Waals surface area (Å²) in [4.78, 5) is 6.02. The molecule has 0 aromatic heterocycles. The molecular formula is C13H9IS4-. The van der Waals surface area contributed by atoms with Crippen LogP contribution < -0.4 is 22.6 Å². The molecule has 2 aromatic rings. The summed E-state index contributed by atoms with van der Waals surface area (Å²) in [6.45, 7) is 6.83. The fourth-order valence-corrected chi connectivity index (χ4v) is 10.00. The summed E-state index contributed by atoms with van der Waals surface area (Å²) < 4.78 is 1.45. The van der Waals surface area contributed by atoms with E-state index in [1.54, 1.807) is 0 Å². The van der Waals surface area contributed by atoms with Crippen molar-refractivity contribution in [2.75, 3.05) is 0 Å². The summed E-state index contributed by atoms with van der Waals surface area (Å²) in [5.41, 5.74) is 4.43. The topological polar surface area (TPSA) is 0 Å². The number of hydrogen-bond donors (Lipinski definition) is 0. The number of halogens is 1. The Morgan fingerprint density at radius 1 is 0.611 bits per heavy atom. The summed E-state index contributed by atoms with van der Waals surface area (Å²) >= 11 is 2.52. The molecule has 4 rings (SSSR count). The third kappa shape index (κ3) is 1.40. The molecule has 0 amide bonds. The molecule has 93 valence electrons. The summed E-state index contributed by atoms with van der Waals surface area (Å²) in [5.74, 6) is 0. The molecule has 0 atom stereocenters. The van der Waals surface area contributed by atoms with Crippen LogP contribution in [0.4, 0.5) is 0 Å². The minimum Gasteiger partial charge on any atom is -0.757 e. The second-order valence-electron chi connectivity index (χ2n) is 4.59. The van der Waals surface area contributed by atoms with Gasteiger partial charge >= 0.3 is 0 Å². The predicted molar refractivity (Wildman–Crippen MR) is 80.3 cm³/mol. The molecule has 1 radical (unpaired) electrons. The minimum absolute atomic E-state index is 1.45. The molecule has 0 spiro atoms. The summed E-state index contributed by atoms with van der Waals surface area (Å²) in [7, 11) is 7.79. The summed E-state index contributed by atoms with van der Waals surface area (Å²) in [5, 5.41) is 3.07. The van der Waals surface area contributed by atoms with Crippen LogP contribution in [0.15, 0.2) is 19.6 Å². The van der Waals surface area contributed by atoms with E-state index in [9.17, 15) is 0 Å². The largest absolute Gasteiger partial charge is 0.757 e. The monoisotopic (exact) mass is 420 g/mol. The Balaban J connectivity index is 2.35. The molecule has 0 bridgehead atoms. The van der Waals surface area contributed by atoms with Gasteiger partial charge in [-0.3, -0.25) is 0 Å². The molecule has 0 unspecified atom stereocenters. The number of benzene rings is 2. The Morgan fingerprint density at radius 3 is 1.56 bits per heavy atom.